The maximum absolute atomic E-state index is 14.8. The van der Waals surface area contributed by atoms with E-state index in [-0.39, 0.29) is 35.5 Å². The molecule has 1 unspecified atom stereocenters. The Morgan fingerprint density at radius 1 is 0.857 bits per heavy atom. The first-order valence-electron chi connectivity index (χ1n) is 16.3. The summed E-state index contributed by atoms with van der Waals surface area (Å²) in [6.45, 7) is 1.30. The number of carbonyl (C=O) groups is 2. The molecule has 0 spiro atoms. The highest BCUT2D eigenvalue weighted by Gasteiger charge is 2.36. The smallest absolute Gasteiger partial charge is 0.264 e. The average Bonchev–Trinajstić information content (AvgIpc) is 3.62. The van der Waals surface area contributed by atoms with Crippen LogP contribution in [0.3, 0.4) is 0 Å². The number of nitrogens with zero attached hydrogens (tertiary/aromatic N) is 2. The van der Waals surface area contributed by atoms with Crippen LogP contribution in [0, 0.1) is 6.92 Å². The van der Waals surface area contributed by atoms with E-state index in [1.807, 2.05) is 43.3 Å². The Kier molecular flexibility index (Phi) is 11.9. The molecule has 9 nitrogen and oxygen atoms in total. The minimum Gasteiger partial charge on any atom is -0.493 e. The predicted molar refractivity (Wildman–Crippen MR) is 192 cm³/mol. The molecule has 1 fully saturated rings. The molecule has 0 heterocycles. The molecule has 258 valence electrons. The molecule has 1 atom stereocenters. The number of sulfonamides is 1. The molecule has 1 aliphatic carbocycles. The topological polar surface area (TPSA) is 105 Å². The van der Waals surface area contributed by atoms with E-state index < -0.39 is 28.5 Å². The molecule has 11 heteroatoms. The van der Waals surface area contributed by atoms with E-state index in [1.165, 1.54) is 37.3 Å². The number of methoxy groups -OCH3 is 2. The number of rotatable bonds is 14. The molecule has 49 heavy (non-hydrogen) atoms. The number of hydrogen-bond acceptors (Lipinski definition) is 6. The van der Waals surface area contributed by atoms with Crippen molar-refractivity contribution >= 4 is 39.1 Å². The van der Waals surface area contributed by atoms with Gasteiger partial charge in [0.05, 0.1) is 24.8 Å². The number of ether oxygens (including phenoxy) is 2. The fourth-order valence-electron chi connectivity index (χ4n) is 6.10. The van der Waals surface area contributed by atoms with Crippen molar-refractivity contribution in [3.8, 4) is 11.5 Å². The standard InChI is InChI=1S/C38H42ClN3O6S/c1-27-16-19-33(20-17-27)49(45,46)42(32-18-21-35(47-2)36(24-32)48-3)26-37(43)41(25-29-12-9-13-30(39)22-29)34(23-28-10-5-4-6-11-28)38(44)40-31-14-7-8-15-31/h4-6,9-13,16-22,24,31,34H,7-8,14-15,23,25-26H2,1-3H3,(H,40,44). The fourth-order valence-corrected chi connectivity index (χ4v) is 7.72. The van der Waals surface area contributed by atoms with Gasteiger partial charge in [0.1, 0.15) is 12.6 Å². The van der Waals surface area contributed by atoms with Crippen LogP contribution in [0.25, 0.3) is 0 Å². The van der Waals surface area contributed by atoms with Crippen LogP contribution in [-0.4, -0.2) is 58.0 Å². The van der Waals surface area contributed by atoms with Gasteiger partial charge >= 0.3 is 0 Å². The minimum atomic E-state index is -4.28. The van der Waals surface area contributed by atoms with E-state index in [9.17, 15) is 18.0 Å². The molecule has 4 aromatic rings. The van der Waals surface area contributed by atoms with E-state index in [2.05, 4.69) is 5.32 Å². The van der Waals surface area contributed by atoms with Gasteiger partial charge in [0.25, 0.3) is 10.0 Å². The first-order valence-corrected chi connectivity index (χ1v) is 18.1. The van der Waals surface area contributed by atoms with Crippen LogP contribution < -0.4 is 19.1 Å². The number of anilines is 1. The van der Waals surface area contributed by atoms with Crippen LogP contribution in [0.2, 0.25) is 5.02 Å². The summed E-state index contributed by atoms with van der Waals surface area (Å²) in [5, 5.41) is 3.67. The second kappa shape index (κ2) is 16.2. The van der Waals surface area contributed by atoms with Gasteiger partial charge in [0.15, 0.2) is 11.5 Å². The summed E-state index contributed by atoms with van der Waals surface area (Å²) in [5.41, 5.74) is 2.65. The highest BCUT2D eigenvalue weighted by molar-refractivity contribution is 7.92. The quantitative estimate of drug-likeness (QED) is 0.160. The number of benzene rings is 4. The molecule has 0 aliphatic heterocycles. The Morgan fingerprint density at radius 3 is 2.18 bits per heavy atom. The van der Waals surface area contributed by atoms with Crippen molar-refractivity contribution < 1.29 is 27.5 Å². The third-order valence-corrected chi connectivity index (χ3v) is 10.8. The number of hydrogen-bond donors (Lipinski definition) is 1. The van der Waals surface area contributed by atoms with Gasteiger partial charge in [-0.25, -0.2) is 8.42 Å². The van der Waals surface area contributed by atoms with E-state index in [0.29, 0.717) is 22.1 Å². The summed E-state index contributed by atoms with van der Waals surface area (Å²) < 4.78 is 40.7. The summed E-state index contributed by atoms with van der Waals surface area (Å²) >= 11 is 6.36. The summed E-state index contributed by atoms with van der Waals surface area (Å²) in [6, 6.07) is 26.8. The van der Waals surface area contributed by atoms with Gasteiger partial charge in [0, 0.05) is 30.1 Å². The molecule has 0 saturated heterocycles. The summed E-state index contributed by atoms with van der Waals surface area (Å²) in [4.78, 5) is 30.4. The number of nitrogens with one attached hydrogen (secondary N) is 1. The molecule has 0 bridgehead atoms. The van der Waals surface area contributed by atoms with E-state index in [0.717, 1.165) is 41.1 Å². The van der Waals surface area contributed by atoms with Crippen molar-refractivity contribution in [1.29, 1.82) is 0 Å². The van der Waals surface area contributed by atoms with Crippen molar-refractivity contribution in [1.82, 2.24) is 10.2 Å². The zero-order valence-electron chi connectivity index (χ0n) is 28.0. The van der Waals surface area contributed by atoms with Crippen LogP contribution in [0.4, 0.5) is 5.69 Å². The van der Waals surface area contributed by atoms with Crippen LogP contribution >= 0.6 is 11.6 Å². The number of aryl methyl sites for hydroxylation is 1. The van der Waals surface area contributed by atoms with Crippen molar-refractivity contribution in [3.05, 3.63) is 119 Å². The summed E-state index contributed by atoms with van der Waals surface area (Å²) in [6.07, 6.45) is 4.02. The van der Waals surface area contributed by atoms with Crippen molar-refractivity contribution in [3.63, 3.8) is 0 Å². The number of carbonyl (C=O) groups excluding carboxylic acids is 2. The normalized spacial score (nSPS) is 13.8. The second-order valence-electron chi connectivity index (χ2n) is 12.2. The third-order valence-electron chi connectivity index (χ3n) is 8.76. The van der Waals surface area contributed by atoms with Gasteiger partial charge in [-0.3, -0.25) is 13.9 Å². The Balaban J connectivity index is 1.60. The van der Waals surface area contributed by atoms with E-state index >= 15 is 0 Å². The first kappa shape index (κ1) is 35.8. The van der Waals surface area contributed by atoms with E-state index in [4.69, 9.17) is 21.1 Å². The van der Waals surface area contributed by atoms with Gasteiger partial charge in [-0.15, -0.1) is 0 Å². The average molecular weight is 704 g/mol. The third kappa shape index (κ3) is 8.93. The van der Waals surface area contributed by atoms with Crippen LogP contribution in [-0.2, 0) is 32.6 Å². The lowest BCUT2D eigenvalue weighted by Gasteiger charge is -2.34. The van der Waals surface area contributed by atoms with Crippen LogP contribution in [0.1, 0.15) is 42.4 Å². The lowest BCUT2D eigenvalue weighted by Crippen LogP contribution is -2.54. The Morgan fingerprint density at radius 2 is 1.53 bits per heavy atom. The molecule has 1 saturated carbocycles. The molecular formula is C38H42ClN3O6S. The molecule has 4 aromatic carbocycles. The highest BCUT2D eigenvalue weighted by Crippen LogP contribution is 2.34. The number of halogens is 1. The molecule has 1 N–H and O–H groups in total. The summed E-state index contributed by atoms with van der Waals surface area (Å²) in [5.74, 6) is -0.150. The Hall–Kier alpha value is -4.54. The zero-order valence-corrected chi connectivity index (χ0v) is 29.5. The Bertz CT molecular complexity index is 1850. The van der Waals surface area contributed by atoms with Gasteiger partial charge in [-0.05, 0) is 67.3 Å². The summed E-state index contributed by atoms with van der Waals surface area (Å²) in [7, 11) is -1.34. The highest BCUT2D eigenvalue weighted by atomic mass is 35.5. The monoisotopic (exact) mass is 703 g/mol. The van der Waals surface area contributed by atoms with Crippen molar-refractivity contribution in [2.75, 3.05) is 25.1 Å². The largest absolute Gasteiger partial charge is 0.493 e. The predicted octanol–water partition coefficient (Wildman–Crippen LogP) is 6.56. The molecule has 2 amide bonds. The molecular weight excluding hydrogens is 662 g/mol. The SMILES string of the molecule is COc1ccc(N(CC(=O)N(Cc2cccc(Cl)c2)C(Cc2ccccc2)C(=O)NC2CCCC2)S(=O)(=O)c2ccc(C)cc2)cc1OC. The molecule has 0 aromatic heterocycles. The van der Waals surface area contributed by atoms with Gasteiger partial charge in [-0.2, -0.15) is 0 Å². The maximum atomic E-state index is 14.8. The van der Waals surface area contributed by atoms with Crippen molar-refractivity contribution in [2.24, 2.45) is 0 Å². The van der Waals surface area contributed by atoms with Crippen LogP contribution in [0.5, 0.6) is 11.5 Å². The lowest BCUT2D eigenvalue weighted by atomic mass is 10.0. The second-order valence-corrected chi connectivity index (χ2v) is 14.5. The van der Waals surface area contributed by atoms with Crippen LogP contribution in [0.15, 0.2) is 102 Å². The van der Waals surface area contributed by atoms with Crippen molar-refractivity contribution in [2.45, 2.75) is 62.6 Å². The fraction of sp³-hybridized carbons (Fsp3) is 0.316. The molecule has 5 rings (SSSR count). The minimum absolute atomic E-state index is 0.0130. The number of amides is 2. The van der Waals surface area contributed by atoms with E-state index in [1.54, 1.807) is 42.5 Å². The zero-order chi connectivity index (χ0) is 35.0. The Labute approximate surface area is 293 Å². The molecule has 1 aliphatic rings. The van der Waals surface area contributed by atoms with Gasteiger partial charge < -0.3 is 19.7 Å². The van der Waals surface area contributed by atoms with Gasteiger partial charge in [0.2, 0.25) is 11.8 Å². The first-order chi connectivity index (χ1) is 23.6. The maximum Gasteiger partial charge on any atom is 0.264 e. The lowest BCUT2D eigenvalue weighted by molar-refractivity contribution is -0.140. The van der Waals surface area contributed by atoms with Gasteiger partial charge in [-0.1, -0.05) is 84.6 Å². The molecule has 0 radical (unpaired) electrons.